The number of carboxylic acid groups (broad SMARTS) is 1. The molecule has 44 heavy (non-hydrogen) atoms. The van der Waals surface area contributed by atoms with Crippen molar-refractivity contribution in [2.24, 2.45) is 0 Å². The fourth-order valence-corrected chi connectivity index (χ4v) is 4.11. The molecule has 0 fully saturated rings. The zero-order chi connectivity index (χ0) is 32.0. The summed E-state index contributed by atoms with van der Waals surface area (Å²) in [5.74, 6) is -1.69. The highest BCUT2D eigenvalue weighted by atomic mass is 16.6. The van der Waals surface area contributed by atoms with Crippen LogP contribution < -0.4 is 10.6 Å². The minimum absolute atomic E-state index is 0.120. The van der Waals surface area contributed by atoms with Gasteiger partial charge in [-0.2, -0.15) is 0 Å². The SMILES string of the molecule is CC(C)(C)OC(=O)N(CCc1ccc(C(=O)N[C@@H](CCCNC(=O)OCc2ccccc2)C(=O)O)cc1)Cc1ccccn1. The van der Waals surface area contributed by atoms with Gasteiger partial charge in [-0.25, -0.2) is 14.4 Å². The van der Waals surface area contributed by atoms with Gasteiger partial charge in [-0.1, -0.05) is 48.5 Å². The van der Waals surface area contributed by atoms with Crippen molar-refractivity contribution in [1.82, 2.24) is 20.5 Å². The highest BCUT2D eigenvalue weighted by Gasteiger charge is 2.23. The third-order valence-corrected chi connectivity index (χ3v) is 6.37. The molecular formula is C33H40N4O7. The van der Waals surface area contributed by atoms with E-state index in [0.717, 1.165) is 16.8 Å². The number of carbonyl (C=O) groups is 4. The number of aromatic nitrogens is 1. The van der Waals surface area contributed by atoms with E-state index >= 15 is 0 Å². The van der Waals surface area contributed by atoms with E-state index < -0.39 is 35.7 Å². The molecule has 0 saturated carbocycles. The maximum absolute atomic E-state index is 12.8. The number of pyridine rings is 1. The fourth-order valence-electron chi connectivity index (χ4n) is 4.11. The number of benzene rings is 2. The van der Waals surface area contributed by atoms with Crippen LogP contribution in [-0.4, -0.2) is 63.8 Å². The van der Waals surface area contributed by atoms with E-state index in [-0.39, 0.29) is 26.1 Å². The van der Waals surface area contributed by atoms with Gasteiger partial charge >= 0.3 is 18.2 Å². The van der Waals surface area contributed by atoms with Crippen LogP contribution in [0.4, 0.5) is 9.59 Å². The van der Waals surface area contributed by atoms with Gasteiger partial charge < -0.3 is 30.1 Å². The Bertz CT molecular complexity index is 1360. The lowest BCUT2D eigenvalue weighted by atomic mass is 10.1. The number of hydrogen-bond acceptors (Lipinski definition) is 7. The molecule has 0 aliphatic carbocycles. The molecule has 0 unspecified atom stereocenters. The third-order valence-electron chi connectivity index (χ3n) is 6.37. The Hall–Kier alpha value is -4.93. The largest absolute Gasteiger partial charge is 0.480 e. The normalized spacial score (nSPS) is 11.6. The van der Waals surface area contributed by atoms with E-state index in [1.54, 1.807) is 35.4 Å². The molecule has 1 heterocycles. The Kier molecular flexibility index (Phi) is 12.7. The number of aliphatic carboxylic acids is 1. The molecule has 11 heteroatoms. The summed E-state index contributed by atoms with van der Waals surface area (Å²) < 4.78 is 10.7. The molecule has 0 bridgehead atoms. The third kappa shape index (κ3) is 12.1. The molecule has 0 aliphatic heterocycles. The fraction of sp³-hybridized carbons (Fsp3) is 0.364. The summed E-state index contributed by atoms with van der Waals surface area (Å²) in [6, 6.07) is 20.4. The second-order valence-electron chi connectivity index (χ2n) is 11.2. The van der Waals surface area contributed by atoms with Crippen molar-refractivity contribution < 1.29 is 33.8 Å². The molecule has 2 aromatic carbocycles. The molecule has 0 radical (unpaired) electrons. The lowest BCUT2D eigenvalue weighted by Gasteiger charge is -2.27. The number of nitrogens with zero attached hydrogens (tertiary/aromatic N) is 2. The average molecular weight is 605 g/mol. The molecule has 1 aromatic heterocycles. The van der Waals surface area contributed by atoms with E-state index in [2.05, 4.69) is 15.6 Å². The Morgan fingerprint density at radius 1 is 0.932 bits per heavy atom. The van der Waals surface area contributed by atoms with Gasteiger partial charge in [0.1, 0.15) is 18.2 Å². The van der Waals surface area contributed by atoms with Gasteiger partial charge in [-0.15, -0.1) is 0 Å². The van der Waals surface area contributed by atoms with Gasteiger partial charge in [0.05, 0.1) is 12.2 Å². The lowest BCUT2D eigenvalue weighted by Crippen LogP contribution is -2.41. The van der Waals surface area contributed by atoms with Crippen molar-refractivity contribution >= 4 is 24.1 Å². The summed E-state index contributed by atoms with van der Waals surface area (Å²) in [5, 5.41) is 14.7. The molecule has 0 aliphatic rings. The maximum Gasteiger partial charge on any atom is 0.410 e. The van der Waals surface area contributed by atoms with Gasteiger partial charge in [0.25, 0.3) is 5.91 Å². The minimum Gasteiger partial charge on any atom is -0.480 e. The molecule has 1 atom stereocenters. The zero-order valence-corrected chi connectivity index (χ0v) is 25.3. The average Bonchev–Trinajstić information content (AvgIpc) is 3.00. The van der Waals surface area contributed by atoms with E-state index in [9.17, 15) is 24.3 Å². The Morgan fingerprint density at radius 3 is 2.27 bits per heavy atom. The van der Waals surface area contributed by atoms with Crippen molar-refractivity contribution in [2.45, 2.75) is 64.8 Å². The first kappa shape index (κ1) is 33.6. The monoisotopic (exact) mass is 604 g/mol. The van der Waals surface area contributed by atoms with Crippen LogP contribution in [0.5, 0.6) is 0 Å². The molecule has 11 nitrogen and oxygen atoms in total. The summed E-state index contributed by atoms with van der Waals surface area (Å²) in [6.45, 7) is 6.41. The van der Waals surface area contributed by atoms with Gasteiger partial charge in [0.2, 0.25) is 0 Å². The minimum atomic E-state index is -1.17. The Balaban J connectivity index is 1.47. The highest BCUT2D eigenvalue weighted by molar-refractivity contribution is 5.96. The van der Waals surface area contributed by atoms with Crippen molar-refractivity contribution in [3.05, 3.63) is 101 Å². The Labute approximate surface area is 257 Å². The predicted octanol–water partition coefficient (Wildman–Crippen LogP) is 4.95. The molecule has 234 valence electrons. The van der Waals surface area contributed by atoms with E-state index in [1.807, 2.05) is 69.3 Å². The van der Waals surface area contributed by atoms with Crippen LogP contribution in [0.3, 0.4) is 0 Å². The summed E-state index contributed by atoms with van der Waals surface area (Å²) in [4.78, 5) is 55.2. The molecule has 0 spiro atoms. The van der Waals surface area contributed by atoms with E-state index in [0.29, 0.717) is 24.9 Å². The highest BCUT2D eigenvalue weighted by Crippen LogP contribution is 2.14. The van der Waals surface area contributed by atoms with Crippen molar-refractivity contribution in [2.75, 3.05) is 13.1 Å². The first-order valence-electron chi connectivity index (χ1n) is 14.4. The summed E-state index contributed by atoms with van der Waals surface area (Å²) in [5.41, 5.74) is 2.13. The van der Waals surface area contributed by atoms with Crippen LogP contribution >= 0.6 is 0 Å². The lowest BCUT2D eigenvalue weighted by molar-refractivity contribution is -0.139. The first-order valence-corrected chi connectivity index (χ1v) is 14.4. The van der Waals surface area contributed by atoms with Gasteiger partial charge in [-0.3, -0.25) is 9.78 Å². The smallest absolute Gasteiger partial charge is 0.410 e. The maximum atomic E-state index is 12.8. The van der Waals surface area contributed by atoms with Gasteiger partial charge in [0.15, 0.2) is 0 Å². The van der Waals surface area contributed by atoms with E-state index in [1.165, 1.54) is 0 Å². The number of alkyl carbamates (subject to hydrolysis) is 1. The molecule has 3 aromatic rings. The van der Waals surface area contributed by atoms with Gasteiger partial charge in [0, 0.05) is 24.8 Å². The standard InChI is InChI=1S/C33H40N4O7/c1-33(2,3)44-32(42)37(22-27-12-7-8-19-34-27)21-18-24-14-16-26(17-15-24)29(38)36-28(30(39)40)13-9-20-35-31(41)43-23-25-10-5-4-6-11-25/h4-8,10-12,14-17,19,28H,9,13,18,20-23H2,1-3H3,(H,35,41)(H,36,38)(H,39,40)/t28-/m0/s1. The number of amides is 3. The van der Waals surface area contributed by atoms with Crippen LogP contribution in [-0.2, 0) is 33.8 Å². The number of hydrogen-bond donors (Lipinski definition) is 3. The second kappa shape index (κ2) is 16.6. The molecule has 3 N–H and O–H groups in total. The van der Waals surface area contributed by atoms with E-state index in [4.69, 9.17) is 9.47 Å². The number of carbonyl (C=O) groups excluding carboxylic acids is 3. The number of nitrogens with one attached hydrogen (secondary N) is 2. The molecular weight excluding hydrogens is 564 g/mol. The Morgan fingerprint density at radius 2 is 1.64 bits per heavy atom. The molecule has 0 saturated heterocycles. The topological polar surface area (TPSA) is 147 Å². The van der Waals surface area contributed by atoms with Crippen LogP contribution in [0.2, 0.25) is 0 Å². The van der Waals surface area contributed by atoms with Crippen molar-refractivity contribution in [3.8, 4) is 0 Å². The first-order chi connectivity index (χ1) is 21.0. The van der Waals surface area contributed by atoms with Crippen molar-refractivity contribution in [3.63, 3.8) is 0 Å². The van der Waals surface area contributed by atoms with Gasteiger partial charge in [-0.05, 0) is 75.4 Å². The summed E-state index contributed by atoms with van der Waals surface area (Å²) in [7, 11) is 0. The molecule has 3 rings (SSSR count). The van der Waals surface area contributed by atoms with Crippen LogP contribution in [0.1, 0.15) is 60.8 Å². The number of ether oxygens (including phenoxy) is 2. The number of carboxylic acids is 1. The summed E-state index contributed by atoms with van der Waals surface area (Å²) in [6.07, 6.45) is 1.57. The molecule has 3 amide bonds. The zero-order valence-electron chi connectivity index (χ0n) is 25.3. The number of rotatable bonds is 14. The van der Waals surface area contributed by atoms with Crippen LogP contribution in [0.25, 0.3) is 0 Å². The van der Waals surface area contributed by atoms with Crippen LogP contribution in [0, 0.1) is 0 Å². The quantitative estimate of drug-likeness (QED) is 0.219. The predicted molar refractivity (Wildman–Crippen MR) is 164 cm³/mol. The van der Waals surface area contributed by atoms with Crippen molar-refractivity contribution in [1.29, 1.82) is 0 Å². The van der Waals surface area contributed by atoms with Crippen LogP contribution in [0.15, 0.2) is 79.0 Å². The summed E-state index contributed by atoms with van der Waals surface area (Å²) >= 11 is 0. The second-order valence-corrected chi connectivity index (χ2v) is 11.2.